The van der Waals surface area contributed by atoms with Crippen LogP contribution >= 0.6 is 11.6 Å². The molecule has 0 aliphatic carbocycles. The Labute approximate surface area is 170 Å². The van der Waals surface area contributed by atoms with E-state index in [0.717, 1.165) is 5.69 Å². The first-order valence-corrected chi connectivity index (χ1v) is 8.99. The van der Waals surface area contributed by atoms with Gasteiger partial charge >= 0.3 is 5.97 Å². The normalized spacial score (nSPS) is 10.7. The van der Waals surface area contributed by atoms with E-state index in [4.69, 9.17) is 25.6 Å². The van der Waals surface area contributed by atoms with Crippen molar-refractivity contribution in [3.05, 3.63) is 83.2 Å². The molecule has 8 nitrogen and oxygen atoms in total. The lowest BCUT2D eigenvalue weighted by Crippen LogP contribution is -2.07. The minimum absolute atomic E-state index is 0.155. The van der Waals surface area contributed by atoms with Crippen molar-refractivity contribution in [2.24, 2.45) is 0 Å². The summed E-state index contributed by atoms with van der Waals surface area (Å²) in [5.41, 5.74) is 1.06. The second-order valence-electron chi connectivity index (χ2n) is 6.04. The summed E-state index contributed by atoms with van der Waals surface area (Å²) in [6.45, 7) is 1.89. The maximum absolute atomic E-state index is 12.4. The van der Waals surface area contributed by atoms with Crippen LogP contribution in [0.5, 0.6) is 11.5 Å². The standard InChI is InChI=1S/C20H15ClN4O4/c1-13-23-19(29-24-13)12-27-17-5-7-18(8-6-17)28-20(26)14-10-22-25(11-14)16-4-2-3-15(21)9-16/h2-11H,12H2,1H3. The summed E-state index contributed by atoms with van der Waals surface area (Å²) < 4.78 is 17.5. The Morgan fingerprint density at radius 3 is 2.69 bits per heavy atom. The Morgan fingerprint density at radius 2 is 1.97 bits per heavy atom. The van der Waals surface area contributed by atoms with E-state index in [1.807, 2.05) is 6.07 Å². The van der Waals surface area contributed by atoms with Gasteiger partial charge in [-0.15, -0.1) is 0 Å². The molecule has 9 heteroatoms. The maximum atomic E-state index is 12.4. The molecule has 0 bridgehead atoms. The predicted molar refractivity (Wildman–Crippen MR) is 103 cm³/mol. The summed E-state index contributed by atoms with van der Waals surface area (Å²) in [5, 5.41) is 8.45. The number of hydrogen-bond acceptors (Lipinski definition) is 7. The molecular weight excluding hydrogens is 396 g/mol. The minimum atomic E-state index is -0.520. The van der Waals surface area contributed by atoms with E-state index in [9.17, 15) is 4.79 Å². The van der Waals surface area contributed by atoms with E-state index < -0.39 is 5.97 Å². The third-order valence-electron chi connectivity index (χ3n) is 3.86. The highest BCUT2D eigenvalue weighted by molar-refractivity contribution is 6.30. The number of hydrogen-bond donors (Lipinski definition) is 0. The Morgan fingerprint density at radius 1 is 1.17 bits per heavy atom. The molecule has 0 amide bonds. The number of ether oxygens (including phenoxy) is 2. The quantitative estimate of drug-likeness (QED) is 0.350. The highest BCUT2D eigenvalue weighted by Gasteiger charge is 2.13. The lowest BCUT2D eigenvalue weighted by molar-refractivity contribution is 0.0734. The second-order valence-corrected chi connectivity index (χ2v) is 6.47. The van der Waals surface area contributed by atoms with Gasteiger partial charge in [0, 0.05) is 11.2 Å². The topological polar surface area (TPSA) is 92.3 Å². The molecule has 2 aromatic heterocycles. The van der Waals surface area contributed by atoms with Crippen LogP contribution in [0, 0.1) is 6.92 Å². The van der Waals surface area contributed by atoms with Crippen molar-refractivity contribution in [2.75, 3.05) is 0 Å². The van der Waals surface area contributed by atoms with Crippen molar-refractivity contribution < 1.29 is 18.8 Å². The van der Waals surface area contributed by atoms with Gasteiger partial charge in [0.1, 0.15) is 11.5 Å². The molecule has 0 atom stereocenters. The molecule has 0 saturated heterocycles. The van der Waals surface area contributed by atoms with Gasteiger partial charge in [0.05, 0.1) is 17.4 Å². The highest BCUT2D eigenvalue weighted by Crippen LogP contribution is 2.20. The van der Waals surface area contributed by atoms with Crippen molar-refractivity contribution in [1.29, 1.82) is 0 Å². The number of esters is 1. The van der Waals surface area contributed by atoms with Crippen LogP contribution in [0.2, 0.25) is 5.02 Å². The molecule has 146 valence electrons. The number of benzene rings is 2. The van der Waals surface area contributed by atoms with Crippen LogP contribution in [0.4, 0.5) is 0 Å². The number of aromatic nitrogens is 4. The van der Waals surface area contributed by atoms with E-state index in [2.05, 4.69) is 15.2 Å². The first-order valence-electron chi connectivity index (χ1n) is 8.62. The molecule has 4 aromatic rings. The number of halogens is 1. The lowest BCUT2D eigenvalue weighted by Gasteiger charge is -2.05. The van der Waals surface area contributed by atoms with Crippen LogP contribution in [0.1, 0.15) is 22.1 Å². The average Bonchev–Trinajstić information content (AvgIpc) is 3.37. The Kier molecular flexibility index (Phi) is 5.26. The molecule has 0 radical (unpaired) electrons. The fourth-order valence-electron chi connectivity index (χ4n) is 2.50. The number of carbonyl (C=O) groups excluding carboxylic acids is 1. The van der Waals surface area contributed by atoms with E-state index in [1.165, 1.54) is 6.20 Å². The molecule has 0 unspecified atom stereocenters. The summed E-state index contributed by atoms with van der Waals surface area (Å²) in [5.74, 6) is 1.37. The molecule has 0 aliphatic heterocycles. The second kappa shape index (κ2) is 8.15. The molecule has 0 N–H and O–H groups in total. The molecule has 0 aliphatic rings. The first kappa shape index (κ1) is 18.7. The zero-order chi connectivity index (χ0) is 20.2. The van der Waals surface area contributed by atoms with Gasteiger partial charge in [0.15, 0.2) is 12.4 Å². The van der Waals surface area contributed by atoms with Crippen LogP contribution in [0.25, 0.3) is 5.69 Å². The summed E-state index contributed by atoms with van der Waals surface area (Å²) in [6, 6.07) is 13.8. The SMILES string of the molecule is Cc1noc(COc2ccc(OC(=O)c3cnn(-c4cccc(Cl)c4)c3)cc2)n1. The van der Waals surface area contributed by atoms with E-state index >= 15 is 0 Å². The number of carbonyl (C=O) groups is 1. The van der Waals surface area contributed by atoms with Crippen molar-refractivity contribution >= 4 is 17.6 Å². The van der Waals surface area contributed by atoms with Crippen LogP contribution in [0.15, 0.2) is 65.4 Å². The third kappa shape index (κ3) is 4.61. The molecule has 0 saturated carbocycles. The Hall–Kier alpha value is -3.65. The first-order chi connectivity index (χ1) is 14.1. The highest BCUT2D eigenvalue weighted by atomic mass is 35.5. The van der Waals surface area contributed by atoms with E-state index in [-0.39, 0.29) is 6.61 Å². The molecule has 29 heavy (non-hydrogen) atoms. The van der Waals surface area contributed by atoms with Gasteiger partial charge in [-0.1, -0.05) is 22.8 Å². The van der Waals surface area contributed by atoms with Crippen molar-refractivity contribution in [1.82, 2.24) is 19.9 Å². The van der Waals surface area contributed by atoms with E-state index in [1.54, 1.807) is 60.3 Å². The maximum Gasteiger partial charge on any atom is 0.346 e. The van der Waals surface area contributed by atoms with Gasteiger partial charge in [0.2, 0.25) is 0 Å². The molecule has 2 aromatic carbocycles. The van der Waals surface area contributed by atoms with Crippen molar-refractivity contribution in [3.63, 3.8) is 0 Å². The van der Waals surface area contributed by atoms with Gasteiger partial charge in [-0.25, -0.2) is 9.48 Å². The minimum Gasteiger partial charge on any atom is -0.484 e. The van der Waals surface area contributed by atoms with Gasteiger partial charge in [-0.3, -0.25) is 0 Å². The largest absolute Gasteiger partial charge is 0.484 e. The van der Waals surface area contributed by atoms with Gasteiger partial charge in [-0.2, -0.15) is 10.1 Å². The van der Waals surface area contributed by atoms with Crippen molar-refractivity contribution in [2.45, 2.75) is 13.5 Å². The Bertz CT molecular complexity index is 1140. The number of nitrogens with zero attached hydrogens (tertiary/aromatic N) is 4. The van der Waals surface area contributed by atoms with Crippen molar-refractivity contribution in [3.8, 4) is 17.2 Å². The monoisotopic (exact) mass is 410 g/mol. The van der Waals surface area contributed by atoms with Crippen LogP contribution in [-0.2, 0) is 6.61 Å². The third-order valence-corrected chi connectivity index (χ3v) is 4.09. The van der Waals surface area contributed by atoms with Crippen LogP contribution < -0.4 is 9.47 Å². The average molecular weight is 411 g/mol. The summed E-state index contributed by atoms with van der Waals surface area (Å²) in [4.78, 5) is 16.4. The molecule has 2 heterocycles. The number of aryl methyl sites for hydroxylation is 1. The smallest absolute Gasteiger partial charge is 0.346 e. The van der Waals surface area contributed by atoms with E-state index in [0.29, 0.717) is 33.8 Å². The lowest BCUT2D eigenvalue weighted by atomic mass is 10.3. The fraction of sp³-hybridized carbons (Fsp3) is 0.100. The fourth-order valence-corrected chi connectivity index (χ4v) is 2.69. The van der Waals surface area contributed by atoms with Gasteiger partial charge in [-0.05, 0) is 49.4 Å². The summed E-state index contributed by atoms with van der Waals surface area (Å²) in [6.07, 6.45) is 3.02. The zero-order valence-electron chi connectivity index (χ0n) is 15.3. The molecule has 0 spiro atoms. The molecule has 4 rings (SSSR count). The van der Waals surface area contributed by atoms with Gasteiger partial charge in [0.25, 0.3) is 5.89 Å². The van der Waals surface area contributed by atoms with Crippen LogP contribution in [0.3, 0.4) is 0 Å². The molecular formula is C20H15ClN4O4. The zero-order valence-corrected chi connectivity index (χ0v) is 16.0. The number of rotatable bonds is 6. The van der Waals surface area contributed by atoms with Gasteiger partial charge < -0.3 is 14.0 Å². The molecule has 0 fully saturated rings. The Balaban J connectivity index is 1.37. The predicted octanol–water partition coefficient (Wildman–Crippen LogP) is 4.02. The van der Waals surface area contributed by atoms with Crippen LogP contribution in [-0.4, -0.2) is 25.9 Å². The summed E-state index contributed by atoms with van der Waals surface area (Å²) in [7, 11) is 0. The summed E-state index contributed by atoms with van der Waals surface area (Å²) >= 11 is 5.99.